The second-order valence-electron chi connectivity index (χ2n) is 7.93. The Labute approximate surface area is 184 Å². The van der Waals surface area contributed by atoms with Crippen LogP contribution in [0, 0.1) is 12.7 Å². The van der Waals surface area contributed by atoms with Crippen molar-refractivity contribution in [1.29, 1.82) is 0 Å². The van der Waals surface area contributed by atoms with Crippen molar-refractivity contribution in [2.45, 2.75) is 25.7 Å². The minimum absolute atomic E-state index is 0. The van der Waals surface area contributed by atoms with Crippen molar-refractivity contribution >= 4 is 18.1 Å². The van der Waals surface area contributed by atoms with Gasteiger partial charge in [0.05, 0.1) is 30.4 Å². The molecule has 0 fully saturated rings. The van der Waals surface area contributed by atoms with Gasteiger partial charge in [0.15, 0.2) is 5.65 Å². The Morgan fingerprint density at radius 3 is 2.71 bits per heavy atom. The van der Waals surface area contributed by atoms with E-state index in [2.05, 4.69) is 15.2 Å². The van der Waals surface area contributed by atoms with Gasteiger partial charge in [0.2, 0.25) is 0 Å². The summed E-state index contributed by atoms with van der Waals surface area (Å²) >= 11 is 0. The van der Waals surface area contributed by atoms with E-state index in [4.69, 9.17) is 9.47 Å². The molecule has 9 heteroatoms. The lowest BCUT2D eigenvalue weighted by Gasteiger charge is -2.16. The summed E-state index contributed by atoms with van der Waals surface area (Å²) in [5, 5.41) is 8.48. The van der Waals surface area contributed by atoms with E-state index in [0.717, 1.165) is 45.4 Å². The molecule has 0 amide bonds. The number of halogens is 2. The largest absolute Gasteiger partial charge is 0.493 e. The van der Waals surface area contributed by atoms with Gasteiger partial charge < -0.3 is 14.0 Å². The molecule has 0 bridgehead atoms. The molecule has 0 N–H and O–H groups in total. The topological polar surface area (TPSA) is 66.5 Å². The molecule has 7 nitrogen and oxygen atoms in total. The monoisotopic (exact) mass is 441 g/mol. The first kappa shape index (κ1) is 19.8. The highest BCUT2D eigenvalue weighted by molar-refractivity contribution is 5.85. The van der Waals surface area contributed by atoms with Gasteiger partial charge in [-0.25, -0.2) is 9.37 Å². The number of rotatable bonds is 1. The van der Waals surface area contributed by atoms with Gasteiger partial charge in [0.1, 0.15) is 29.5 Å². The Morgan fingerprint density at radius 1 is 1.13 bits per heavy atom. The molecule has 0 unspecified atom stereocenters. The number of aromatic nitrogens is 5. The van der Waals surface area contributed by atoms with E-state index in [9.17, 15) is 4.39 Å². The number of hydrogen-bond acceptors (Lipinski definition) is 5. The number of hydrogen-bond donors (Lipinski definition) is 0. The van der Waals surface area contributed by atoms with Gasteiger partial charge in [0, 0.05) is 24.5 Å². The minimum atomic E-state index is -0.187. The lowest BCUT2D eigenvalue weighted by Crippen LogP contribution is -2.13. The first-order valence-corrected chi connectivity index (χ1v) is 10.0. The predicted octanol–water partition coefficient (Wildman–Crippen LogP) is 3.65. The van der Waals surface area contributed by atoms with Gasteiger partial charge in [-0.1, -0.05) is 0 Å². The number of fused-ring (bicyclic) bond motifs is 3. The Hall–Kier alpha value is -3.13. The molecule has 0 radical (unpaired) electrons. The van der Waals surface area contributed by atoms with E-state index >= 15 is 0 Å². The zero-order chi connectivity index (χ0) is 20.4. The van der Waals surface area contributed by atoms with Crippen LogP contribution in [0.4, 0.5) is 4.39 Å². The average molecular weight is 442 g/mol. The van der Waals surface area contributed by atoms with E-state index in [0.29, 0.717) is 31.7 Å². The van der Waals surface area contributed by atoms with Crippen LogP contribution in [0.15, 0.2) is 30.7 Å². The fourth-order valence-corrected chi connectivity index (χ4v) is 4.58. The molecular formula is C22H21ClFN5O2. The fraction of sp³-hybridized carbons (Fsp3) is 0.318. The second kappa shape index (κ2) is 7.23. The lowest BCUT2D eigenvalue weighted by molar-refractivity contribution is 0.246. The molecule has 0 aliphatic carbocycles. The van der Waals surface area contributed by atoms with Crippen molar-refractivity contribution < 1.29 is 13.9 Å². The molecule has 0 saturated heterocycles. The molecule has 2 aliphatic heterocycles. The van der Waals surface area contributed by atoms with Crippen molar-refractivity contribution in [3.8, 4) is 22.9 Å². The van der Waals surface area contributed by atoms with E-state index in [1.54, 1.807) is 12.4 Å². The minimum Gasteiger partial charge on any atom is -0.493 e. The molecule has 6 rings (SSSR count). The summed E-state index contributed by atoms with van der Waals surface area (Å²) in [7, 11) is 1.98. The summed E-state index contributed by atoms with van der Waals surface area (Å²) in [6.07, 6.45) is 4.68. The third-order valence-electron chi connectivity index (χ3n) is 6.26. The third kappa shape index (κ3) is 2.89. The van der Waals surface area contributed by atoms with Crippen LogP contribution in [-0.4, -0.2) is 37.4 Å². The van der Waals surface area contributed by atoms with Crippen LogP contribution in [-0.2, 0) is 19.9 Å². The van der Waals surface area contributed by atoms with E-state index < -0.39 is 0 Å². The lowest BCUT2D eigenvalue weighted by atomic mass is 9.93. The summed E-state index contributed by atoms with van der Waals surface area (Å²) < 4.78 is 30.8. The molecule has 0 saturated carbocycles. The highest BCUT2D eigenvalue weighted by Crippen LogP contribution is 2.41. The molecule has 0 spiro atoms. The maximum Gasteiger partial charge on any atom is 0.172 e. The average Bonchev–Trinajstić information content (AvgIpc) is 3.46. The zero-order valence-electron chi connectivity index (χ0n) is 17.1. The van der Waals surface area contributed by atoms with Crippen LogP contribution in [0.1, 0.15) is 28.4 Å². The van der Waals surface area contributed by atoms with Crippen LogP contribution in [0.3, 0.4) is 0 Å². The van der Waals surface area contributed by atoms with E-state index in [1.165, 1.54) is 6.07 Å². The van der Waals surface area contributed by atoms with Gasteiger partial charge in [0.25, 0.3) is 0 Å². The molecule has 31 heavy (non-hydrogen) atoms. The number of benzene rings is 1. The molecule has 1 aromatic carbocycles. The van der Waals surface area contributed by atoms with E-state index in [1.807, 2.05) is 35.2 Å². The van der Waals surface area contributed by atoms with Gasteiger partial charge in [-0.05, 0) is 43.5 Å². The first-order chi connectivity index (χ1) is 14.6. The summed E-state index contributed by atoms with van der Waals surface area (Å²) in [6, 6.07) is 5.21. The number of aryl methyl sites for hydroxylation is 2. The van der Waals surface area contributed by atoms with E-state index in [-0.39, 0.29) is 24.1 Å². The Bertz CT molecular complexity index is 1320. The zero-order valence-corrected chi connectivity index (χ0v) is 17.9. The molecule has 3 aromatic heterocycles. The van der Waals surface area contributed by atoms with Gasteiger partial charge >= 0.3 is 0 Å². The quantitative estimate of drug-likeness (QED) is 0.451. The Kier molecular flexibility index (Phi) is 4.62. The first-order valence-electron chi connectivity index (χ1n) is 10.0. The number of nitrogens with zero attached hydrogens (tertiary/aromatic N) is 5. The number of imidazole rings is 1. The summed E-state index contributed by atoms with van der Waals surface area (Å²) in [5.74, 6) is 2.14. The fourth-order valence-electron chi connectivity index (χ4n) is 4.58. The smallest absolute Gasteiger partial charge is 0.172 e. The van der Waals surface area contributed by atoms with Crippen LogP contribution >= 0.6 is 12.4 Å². The molecule has 1 atom stereocenters. The molecule has 160 valence electrons. The molecule has 5 heterocycles. The van der Waals surface area contributed by atoms with Gasteiger partial charge in [-0.2, -0.15) is 0 Å². The summed E-state index contributed by atoms with van der Waals surface area (Å²) in [6.45, 7) is 2.93. The van der Waals surface area contributed by atoms with Crippen molar-refractivity contribution in [2.75, 3.05) is 13.2 Å². The Morgan fingerprint density at radius 2 is 1.94 bits per heavy atom. The molecule has 4 aromatic rings. The highest BCUT2D eigenvalue weighted by Gasteiger charge is 2.31. The maximum atomic E-state index is 14.7. The third-order valence-corrected chi connectivity index (χ3v) is 6.26. The predicted molar refractivity (Wildman–Crippen MR) is 115 cm³/mol. The number of pyridine rings is 1. The Balaban J connectivity index is 0.00000204. The van der Waals surface area contributed by atoms with Crippen LogP contribution in [0.5, 0.6) is 11.5 Å². The molecular weight excluding hydrogens is 421 g/mol. The maximum absolute atomic E-state index is 14.7. The summed E-state index contributed by atoms with van der Waals surface area (Å²) in [4.78, 5) is 4.56. The van der Waals surface area contributed by atoms with Crippen LogP contribution in [0.25, 0.3) is 17.0 Å². The van der Waals surface area contributed by atoms with Gasteiger partial charge in [-0.3, -0.25) is 4.40 Å². The number of ether oxygens (including phenoxy) is 2. The van der Waals surface area contributed by atoms with Gasteiger partial charge in [-0.15, -0.1) is 22.6 Å². The van der Waals surface area contributed by atoms with Crippen molar-refractivity contribution in [3.63, 3.8) is 0 Å². The van der Waals surface area contributed by atoms with Crippen molar-refractivity contribution in [2.24, 2.45) is 7.05 Å². The van der Waals surface area contributed by atoms with Crippen LogP contribution in [0.2, 0.25) is 0 Å². The summed E-state index contributed by atoms with van der Waals surface area (Å²) in [5.41, 5.74) is 5.22. The highest BCUT2D eigenvalue weighted by atomic mass is 35.5. The van der Waals surface area contributed by atoms with Crippen LogP contribution < -0.4 is 9.47 Å². The SMILES string of the molecule is Cc1cnc(-c2cc3c(n4cnnc24)CCc2c(F)ccc4c2[C@H](CO4)CO3)n1C.Cl. The standard InChI is InChI=1S/C22H20FN5O2.ClH/c1-12-8-24-21(27(12)2)15-7-19-17(28-11-25-26-22(15)28)5-3-14-16(23)4-6-18-20(14)13(9-29-18)10-30-19;/h4,6-8,11,13H,3,5,9-10H2,1-2H3;1H/t13-;/m1./s1. The second-order valence-corrected chi connectivity index (χ2v) is 7.93. The molecule has 2 aliphatic rings. The van der Waals surface area contributed by atoms with Crippen molar-refractivity contribution in [3.05, 3.63) is 59.1 Å². The normalized spacial score (nSPS) is 16.9. The van der Waals surface area contributed by atoms with Crippen molar-refractivity contribution in [1.82, 2.24) is 24.1 Å².